The number of aryl methyl sites for hydroxylation is 2. The highest BCUT2D eigenvalue weighted by atomic mass is 35.5. The second kappa shape index (κ2) is 5.84. The summed E-state index contributed by atoms with van der Waals surface area (Å²) in [6.45, 7) is 6.31. The average molecular weight is 258 g/mol. The summed E-state index contributed by atoms with van der Waals surface area (Å²) >= 11 is 6.11. The predicted molar refractivity (Wildman–Crippen MR) is 66.1 cm³/mol. The molecule has 0 aliphatic rings. The van der Waals surface area contributed by atoms with Crippen molar-refractivity contribution in [2.75, 3.05) is 13.1 Å². The molecule has 0 saturated carbocycles. The summed E-state index contributed by atoms with van der Waals surface area (Å²) in [6.07, 6.45) is 1.67. The Bertz CT molecular complexity index is 429. The Labute approximate surface area is 105 Å². The number of carbonyl (C=O) groups is 1. The SMILES string of the molecule is C=CCN(CC(=O)O)Cc1c(Cl)c(C)nn1C. The fourth-order valence-electron chi connectivity index (χ4n) is 1.62. The molecule has 0 aliphatic heterocycles. The standard InChI is InChI=1S/C11H16ClN3O2/c1-4-5-15(7-10(16)17)6-9-11(12)8(2)13-14(9)3/h4H,1,5-7H2,2-3H3,(H,16,17). The van der Waals surface area contributed by atoms with Gasteiger partial charge < -0.3 is 5.11 Å². The number of carboxylic acid groups (broad SMARTS) is 1. The molecular weight excluding hydrogens is 242 g/mol. The molecule has 1 rings (SSSR count). The van der Waals surface area contributed by atoms with Gasteiger partial charge in [-0.25, -0.2) is 0 Å². The van der Waals surface area contributed by atoms with Crippen LogP contribution >= 0.6 is 11.6 Å². The fourth-order valence-corrected chi connectivity index (χ4v) is 1.84. The molecule has 17 heavy (non-hydrogen) atoms. The normalized spacial score (nSPS) is 10.8. The zero-order chi connectivity index (χ0) is 13.0. The summed E-state index contributed by atoms with van der Waals surface area (Å²) in [5.41, 5.74) is 1.56. The van der Waals surface area contributed by atoms with Crippen molar-refractivity contribution >= 4 is 17.6 Å². The van der Waals surface area contributed by atoms with Crippen molar-refractivity contribution in [2.45, 2.75) is 13.5 Å². The number of hydrogen-bond acceptors (Lipinski definition) is 3. The highest BCUT2D eigenvalue weighted by Crippen LogP contribution is 2.20. The molecule has 0 unspecified atom stereocenters. The number of halogens is 1. The third-order valence-electron chi connectivity index (χ3n) is 2.38. The van der Waals surface area contributed by atoms with Gasteiger partial charge in [-0.1, -0.05) is 17.7 Å². The van der Waals surface area contributed by atoms with Gasteiger partial charge in [0, 0.05) is 20.1 Å². The molecule has 0 fully saturated rings. The van der Waals surface area contributed by atoms with E-state index >= 15 is 0 Å². The molecular formula is C11H16ClN3O2. The van der Waals surface area contributed by atoms with Gasteiger partial charge in [0.2, 0.25) is 0 Å². The number of aromatic nitrogens is 2. The molecule has 0 atom stereocenters. The van der Waals surface area contributed by atoms with E-state index in [2.05, 4.69) is 11.7 Å². The van der Waals surface area contributed by atoms with Crippen molar-refractivity contribution in [1.82, 2.24) is 14.7 Å². The molecule has 1 aromatic rings. The van der Waals surface area contributed by atoms with E-state index in [1.54, 1.807) is 22.7 Å². The van der Waals surface area contributed by atoms with Gasteiger partial charge in [0.15, 0.2) is 0 Å². The van der Waals surface area contributed by atoms with Crippen LogP contribution < -0.4 is 0 Å². The lowest BCUT2D eigenvalue weighted by Gasteiger charge is -2.18. The highest BCUT2D eigenvalue weighted by molar-refractivity contribution is 6.31. The van der Waals surface area contributed by atoms with Crippen LogP contribution in [0.1, 0.15) is 11.4 Å². The van der Waals surface area contributed by atoms with Crippen LogP contribution in [-0.2, 0) is 18.4 Å². The number of hydrogen-bond donors (Lipinski definition) is 1. The lowest BCUT2D eigenvalue weighted by Crippen LogP contribution is -2.30. The van der Waals surface area contributed by atoms with Crippen molar-refractivity contribution in [1.29, 1.82) is 0 Å². The lowest BCUT2D eigenvalue weighted by atomic mass is 10.3. The molecule has 0 amide bonds. The van der Waals surface area contributed by atoms with E-state index in [0.29, 0.717) is 18.1 Å². The summed E-state index contributed by atoms with van der Waals surface area (Å²) in [5.74, 6) is -0.873. The number of aliphatic carboxylic acids is 1. The molecule has 0 radical (unpaired) electrons. The van der Waals surface area contributed by atoms with E-state index < -0.39 is 5.97 Å². The van der Waals surface area contributed by atoms with Crippen molar-refractivity contribution in [3.63, 3.8) is 0 Å². The summed E-state index contributed by atoms with van der Waals surface area (Å²) in [7, 11) is 1.79. The minimum absolute atomic E-state index is 0.0490. The zero-order valence-electron chi connectivity index (χ0n) is 9.98. The minimum Gasteiger partial charge on any atom is -0.480 e. The Morgan fingerprint density at radius 2 is 2.35 bits per heavy atom. The van der Waals surface area contributed by atoms with E-state index in [0.717, 1.165) is 11.4 Å². The Balaban J connectivity index is 2.84. The molecule has 1 heterocycles. The van der Waals surface area contributed by atoms with Crippen molar-refractivity contribution < 1.29 is 9.90 Å². The molecule has 1 aromatic heterocycles. The number of rotatable bonds is 6. The smallest absolute Gasteiger partial charge is 0.317 e. The Kier molecular flexibility index (Phi) is 4.72. The summed E-state index contributed by atoms with van der Waals surface area (Å²) in [6, 6.07) is 0. The van der Waals surface area contributed by atoms with Gasteiger partial charge in [-0.15, -0.1) is 6.58 Å². The first-order valence-corrected chi connectivity index (χ1v) is 5.56. The van der Waals surface area contributed by atoms with Crippen LogP contribution in [0.3, 0.4) is 0 Å². The van der Waals surface area contributed by atoms with Gasteiger partial charge in [0.05, 0.1) is 23.0 Å². The van der Waals surface area contributed by atoms with Crippen LogP contribution in [0.2, 0.25) is 5.02 Å². The van der Waals surface area contributed by atoms with E-state index in [-0.39, 0.29) is 6.54 Å². The van der Waals surface area contributed by atoms with Gasteiger partial charge in [0.1, 0.15) is 0 Å². The zero-order valence-corrected chi connectivity index (χ0v) is 10.7. The molecule has 0 bridgehead atoms. The molecule has 0 spiro atoms. The van der Waals surface area contributed by atoms with Gasteiger partial charge >= 0.3 is 5.97 Å². The summed E-state index contributed by atoms with van der Waals surface area (Å²) in [4.78, 5) is 12.5. The minimum atomic E-state index is -0.873. The number of carboxylic acids is 1. The molecule has 0 saturated heterocycles. The molecule has 5 nitrogen and oxygen atoms in total. The molecule has 0 aromatic carbocycles. The van der Waals surface area contributed by atoms with Gasteiger partial charge in [-0.05, 0) is 6.92 Å². The Morgan fingerprint density at radius 3 is 2.76 bits per heavy atom. The third kappa shape index (κ3) is 3.57. The van der Waals surface area contributed by atoms with E-state index in [9.17, 15) is 4.79 Å². The second-order valence-electron chi connectivity index (χ2n) is 3.82. The van der Waals surface area contributed by atoms with Gasteiger partial charge in [0.25, 0.3) is 0 Å². The van der Waals surface area contributed by atoms with Gasteiger partial charge in [-0.2, -0.15) is 5.10 Å². The lowest BCUT2D eigenvalue weighted by molar-refractivity contribution is -0.138. The number of nitrogens with zero attached hydrogens (tertiary/aromatic N) is 3. The van der Waals surface area contributed by atoms with Crippen LogP contribution in [0.4, 0.5) is 0 Å². The Hall–Kier alpha value is -1.33. The highest BCUT2D eigenvalue weighted by Gasteiger charge is 2.16. The maximum atomic E-state index is 10.7. The molecule has 0 aliphatic carbocycles. The average Bonchev–Trinajstić information content (AvgIpc) is 2.44. The van der Waals surface area contributed by atoms with Crippen molar-refractivity contribution in [2.24, 2.45) is 7.05 Å². The van der Waals surface area contributed by atoms with Crippen molar-refractivity contribution in [3.05, 3.63) is 29.1 Å². The van der Waals surface area contributed by atoms with Crippen LogP contribution in [0.25, 0.3) is 0 Å². The van der Waals surface area contributed by atoms with E-state index in [4.69, 9.17) is 16.7 Å². The first kappa shape index (κ1) is 13.7. The molecule has 94 valence electrons. The van der Waals surface area contributed by atoms with Gasteiger partial charge in [-0.3, -0.25) is 14.4 Å². The first-order chi connectivity index (χ1) is 7.95. The van der Waals surface area contributed by atoms with Crippen LogP contribution in [0, 0.1) is 6.92 Å². The third-order valence-corrected chi connectivity index (χ3v) is 2.87. The summed E-state index contributed by atoms with van der Waals surface area (Å²) < 4.78 is 1.68. The maximum Gasteiger partial charge on any atom is 0.317 e. The van der Waals surface area contributed by atoms with E-state index in [1.807, 2.05) is 6.92 Å². The quantitative estimate of drug-likeness (QED) is 0.784. The monoisotopic (exact) mass is 257 g/mol. The summed E-state index contributed by atoms with van der Waals surface area (Å²) in [5, 5.41) is 13.6. The van der Waals surface area contributed by atoms with Crippen LogP contribution in [0.15, 0.2) is 12.7 Å². The predicted octanol–water partition coefficient (Wildman–Crippen LogP) is 1.45. The van der Waals surface area contributed by atoms with E-state index in [1.165, 1.54) is 0 Å². The van der Waals surface area contributed by atoms with Crippen molar-refractivity contribution in [3.8, 4) is 0 Å². The topological polar surface area (TPSA) is 58.4 Å². The Morgan fingerprint density at radius 1 is 1.71 bits per heavy atom. The molecule has 6 heteroatoms. The van der Waals surface area contributed by atoms with Crippen LogP contribution in [0.5, 0.6) is 0 Å². The largest absolute Gasteiger partial charge is 0.480 e. The molecule has 1 N–H and O–H groups in total. The van der Waals surface area contributed by atoms with Crippen LogP contribution in [-0.4, -0.2) is 38.8 Å². The second-order valence-corrected chi connectivity index (χ2v) is 4.20. The first-order valence-electron chi connectivity index (χ1n) is 5.18. The fraction of sp³-hybridized carbons (Fsp3) is 0.455. The maximum absolute atomic E-state index is 10.7.